The molecule has 4 heteroatoms. The van der Waals surface area contributed by atoms with Crippen LogP contribution in [-0.4, -0.2) is 54.5 Å². The second-order valence-electron chi connectivity index (χ2n) is 4.95. The Labute approximate surface area is 98.8 Å². The molecule has 0 bridgehead atoms. The summed E-state index contributed by atoms with van der Waals surface area (Å²) in [4.78, 5) is 16.0. The molecule has 94 valence electrons. The van der Waals surface area contributed by atoms with Gasteiger partial charge in [0.05, 0.1) is 6.54 Å². The highest BCUT2D eigenvalue weighted by molar-refractivity contribution is 5.78. The number of rotatable bonds is 4. The molecule has 1 saturated heterocycles. The van der Waals surface area contributed by atoms with E-state index in [1.165, 1.54) is 12.8 Å². The lowest BCUT2D eigenvalue weighted by molar-refractivity contribution is -0.133. The minimum atomic E-state index is 0.204. The van der Waals surface area contributed by atoms with Crippen molar-refractivity contribution in [3.8, 4) is 0 Å². The zero-order valence-electron chi connectivity index (χ0n) is 10.8. The Morgan fingerprint density at radius 1 is 1.50 bits per heavy atom. The van der Waals surface area contributed by atoms with Gasteiger partial charge in [0.15, 0.2) is 0 Å². The van der Waals surface area contributed by atoms with Crippen LogP contribution in [0.1, 0.15) is 33.1 Å². The summed E-state index contributed by atoms with van der Waals surface area (Å²) in [5, 5.41) is 0. The van der Waals surface area contributed by atoms with Crippen LogP contribution in [0.3, 0.4) is 0 Å². The Bertz CT molecular complexity index is 230. The number of piperidine rings is 1. The van der Waals surface area contributed by atoms with Crippen molar-refractivity contribution in [2.24, 2.45) is 5.73 Å². The lowest BCUT2D eigenvalue weighted by atomic mass is 10.0. The maximum Gasteiger partial charge on any atom is 0.236 e. The van der Waals surface area contributed by atoms with Crippen LogP contribution in [0.5, 0.6) is 0 Å². The fraction of sp³-hybridized carbons (Fsp3) is 0.917. The first-order chi connectivity index (χ1) is 7.56. The van der Waals surface area contributed by atoms with Gasteiger partial charge in [-0.25, -0.2) is 0 Å². The van der Waals surface area contributed by atoms with E-state index >= 15 is 0 Å². The fourth-order valence-electron chi connectivity index (χ4n) is 2.11. The molecule has 1 aliphatic rings. The molecule has 1 heterocycles. The molecule has 1 amide bonds. The van der Waals surface area contributed by atoms with Crippen LogP contribution >= 0.6 is 0 Å². The van der Waals surface area contributed by atoms with Crippen molar-refractivity contribution in [3.63, 3.8) is 0 Å². The normalized spacial score (nSPS) is 22.4. The van der Waals surface area contributed by atoms with Gasteiger partial charge in [-0.3, -0.25) is 9.69 Å². The number of nitrogens with two attached hydrogens (primary N) is 1. The molecule has 1 rings (SSSR count). The maximum absolute atomic E-state index is 12.0. The van der Waals surface area contributed by atoms with Crippen LogP contribution in [0.15, 0.2) is 0 Å². The third kappa shape index (κ3) is 3.46. The first kappa shape index (κ1) is 13.5. The van der Waals surface area contributed by atoms with E-state index in [-0.39, 0.29) is 11.9 Å². The molecule has 16 heavy (non-hydrogen) atoms. The SMILES string of the molecule is CC(C)N(C)C(=O)CN1CCCCC1CN. The van der Waals surface area contributed by atoms with Crippen LogP contribution in [0.4, 0.5) is 0 Å². The molecule has 1 unspecified atom stereocenters. The Balaban J connectivity index is 2.48. The summed E-state index contributed by atoms with van der Waals surface area (Å²) in [5.74, 6) is 0.204. The van der Waals surface area contributed by atoms with Crippen molar-refractivity contribution in [1.29, 1.82) is 0 Å². The molecule has 0 saturated carbocycles. The van der Waals surface area contributed by atoms with Crippen molar-refractivity contribution in [2.45, 2.75) is 45.2 Å². The van der Waals surface area contributed by atoms with Gasteiger partial charge in [-0.05, 0) is 33.2 Å². The van der Waals surface area contributed by atoms with Crippen molar-refractivity contribution in [1.82, 2.24) is 9.80 Å². The first-order valence-electron chi connectivity index (χ1n) is 6.26. The molecular weight excluding hydrogens is 202 g/mol. The third-order valence-corrected chi connectivity index (χ3v) is 3.53. The summed E-state index contributed by atoms with van der Waals surface area (Å²) in [7, 11) is 1.87. The molecule has 0 radical (unpaired) electrons. The monoisotopic (exact) mass is 227 g/mol. The van der Waals surface area contributed by atoms with Crippen LogP contribution in [0, 0.1) is 0 Å². The Morgan fingerprint density at radius 2 is 2.19 bits per heavy atom. The summed E-state index contributed by atoms with van der Waals surface area (Å²) in [6.45, 7) is 6.28. The van der Waals surface area contributed by atoms with E-state index in [9.17, 15) is 4.79 Å². The Morgan fingerprint density at radius 3 is 2.75 bits per heavy atom. The van der Waals surface area contributed by atoms with Gasteiger partial charge in [0.25, 0.3) is 0 Å². The van der Waals surface area contributed by atoms with E-state index in [2.05, 4.69) is 4.90 Å². The van der Waals surface area contributed by atoms with Crippen molar-refractivity contribution in [3.05, 3.63) is 0 Å². The van der Waals surface area contributed by atoms with E-state index in [1.807, 2.05) is 25.8 Å². The maximum atomic E-state index is 12.0. The van der Waals surface area contributed by atoms with Crippen molar-refractivity contribution in [2.75, 3.05) is 26.7 Å². The van der Waals surface area contributed by atoms with Crippen molar-refractivity contribution >= 4 is 5.91 Å². The topological polar surface area (TPSA) is 49.6 Å². The molecule has 0 spiro atoms. The third-order valence-electron chi connectivity index (χ3n) is 3.53. The van der Waals surface area contributed by atoms with Gasteiger partial charge in [-0.2, -0.15) is 0 Å². The number of nitrogens with zero attached hydrogens (tertiary/aromatic N) is 2. The van der Waals surface area contributed by atoms with Gasteiger partial charge in [-0.15, -0.1) is 0 Å². The molecule has 1 aliphatic heterocycles. The largest absolute Gasteiger partial charge is 0.342 e. The number of hydrogen-bond donors (Lipinski definition) is 1. The van der Waals surface area contributed by atoms with Gasteiger partial charge >= 0.3 is 0 Å². The predicted octanol–water partition coefficient (Wildman–Crippen LogP) is 0.666. The van der Waals surface area contributed by atoms with Gasteiger partial charge in [-0.1, -0.05) is 6.42 Å². The van der Waals surface area contributed by atoms with Gasteiger partial charge < -0.3 is 10.6 Å². The number of likely N-dealkylation sites (N-methyl/N-ethyl adjacent to an activating group) is 1. The lowest BCUT2D eigenvalue weighted by Gasteiger charge is -2.35. The highest BCUT2D eigenvalue weighted by Crippen LogP contribution is 2.16. The lowest BCUT2D eigenvalue weighted by Crippen LogP contribution is -2.49. The zero-order chi connectivity index (χ0) is 12.1. The summed E-state index contributed by atoms with van der Waals surface area (Å²) < 4.78 is 0. The number of likely N-dealkylation sites (tertiary alicyclic amines) is 1. The van der Waals surface area contributed by atoms with E-state index < -0.39 is 0 Å². The average molecular weight is 227 g/mol. The van der Waals surface area contributed by atoms with Crippen LogP contribution < -0.4 is 5.73 Å². The molecule has 0 aromatic rings. The highest BCUT2D eigenvalue weighted by atomic mass is 16.2. The first-order valence-corrected chi connectivity index (χ1v) is 6.26. The molecule has 1 fully saturated rings. The molecule has 4 nitrogen and oxygen atoms in total. The predicted molar refractivity (Wildman–Crippen MR) is 66.2 cm³/mol. The van der Waals surface area contributed by atoms with Gasteiger partial charge in [0.2, 0.25) is 5.91 Å². The fourth-order valence-corrected chi connectivity index (χ4v) is 2.11. The van der Waals surface area contributed by atoms with Crippen LogP contribution in [-0.2, 0) is 4.79 Å². The smallest absolute Gasteiger partial charge is 0.236 e. The van der Waals surface area contributed by atoms with Crippen LogP contribution in [0.2, 0.25) is 0 Å². The standard InChI is InChI=1S/C12H25N3O/c1-10(2)14(3)12(16)9-15-7-5-4-6-11(15)8-13/h10-11H,4-9,13H2,1-3H3. The number of carbonyl (C=O) groups excluding carboxylic acids is 1. The molecule has 0 aliphatic carbocycles. The molecule has 0 aromatic heterocycles. The molecule has 0 aromatic carbocycles. The van der Waals surface area contributed by atoms with Gasteiger partial charge in [0.1, 0.15) is 0 Å². The van der Waals surface area contributed by atoms with Gasteiger partial charge in [0, 0.05) is 25.7 Å². The number of hydrogen-bond acceptors (Lipinski definition) is 3. The zero-order valence-corrected chi connectivity index (χ0v) is 10.8. The van der Waals surface area contributed by atoms with E-state index in [0.717, 1.165) is 13.0 Å². The van der Waals surface area contributed by atoms with E-state index in [1.54, 1.807) is 0 Å². The summed E-state index contributed by atoms with van der Waals surface area (Å²) in [6.07, 6.45) is 3.57. The minimum absolute atomic E-state index is 0.204. The summed E-state index contributed by atoms with van der Waals surface area (Å²) in [5.41, 5.74) is 5.74. The Kier molecular flexibility index (Phi) is 5.22. The number of carbonyl (C=O) groups is 1. The molecule has 2 N–H and O–H groups in total. The quantitative estimate of drug-likeness (QED) is 0.768. The van der Waals surface area contributed by atoms with Crippen LogP contribution in [0.25, 0.3) is 0 Å². The van der Waals surface area contributed by atoms with E-state index in [0.29, 0.717) is 19.1 Å². The van der Waals surface area contributed by atoms with E-state index in [4.69, 9.17) is 5.73 Å². The minimum Gasteiger partial charge on any atom is -0.342 e. The summed E-state index contributed by atoms with van der Waals surface area (Å²) in [6, 6.07) is 0.673. The highest BCUT2D eigenvalue weighted by Gasteiger charge is 2.24. The Hall–Kier alpha value is -0.610. The molecular formula is C12H25N3O. The summed E-state index contributed by atoms with van der Waals surface area (Å²) >= 11 is 0. The number of amides is 1. The van der Waals surface area contributed by atoms with Crippen molar-refractivity contribution < 1.29 is 4.79 Å². The second-order valence-corrected chi connectivity index (χ2v) is 4.95. The molecule has 1 atom stereocenters. The average Bonchev–Trinajstić information content (AvgIpc) is 2.28. The second kappa shape index (κ2) is 6.21.